The van der Waals surface area contributed by atoms with E-state index < -0.39 is 5.91 Å². The summed E-state index contributed by atoms with van der Waals surface area (Å²) in [5.41, 5.74) is 6.28. The molecule has 2 aromatic rings. The third-order valence-electron chi connectivity index (χ3n) is 4.77. The number of amides is 2. The first-order valence-corrected chi connectivity index (χ1v) is 9.64. The van der Waals surface area contributed by atoms with Crippen LogP contribution in [-0.2, 0) is 9.53 Å². The molecule has 160 valence electrons. The van der Waals surface area contributed by atoms with Gasteiger partial charge in [-0.2, -0.15) is 10.1 Å². The van der Waals surface area contributed by atoms with Gasteiger partial charge in [0.25, 0.3) is 5.91 Å². The van der Waals surface area contributed by atoms with Crippen LogP contribution in [0.3, 0.4) is 0 Å². The highest BCUT2D eigenvalue weighted by molar-refractivity contribution is 5.97. The number of nitrogens with one attached hydrogen (secondary N) is 2. The number of primary amides is 1. The molecule has 0 saturated carbocycles. The van der Waals surface area contributed by atoms with Crippen molar-refractivity contribution in [2.45, 2.75) is 18.9 Å². The molecular formula is C19H26N8O3. The van der Waals surface area contributed by atoms with Crippen LogP contribution in [0.4, 0.5) is 17.5 Å². The van der Waals surface area contributed by atoms with Gasteiger partial charge in [0.05, 0.1) is 30.1 Å². The molecule has 0 unspecified atom stereocenters. The van der Waals surface area contributed by atoms with Crippen LogP contribution in [0.2, 0.25) is 0 Å². The third kappa shape index (κ3) is 5.11. The number of likely N-dealkylation sites (tertiary alicyclic amines) is 1. The van der Waals surface area contributed by atoms with Gasteiger partial charge in [0.2, 0.25) is 11.9 Å². The van der Waals surface area contributed by atoms with E-state index in [1.165, 1.54) is 12.3 Å². The summed E-state index contributed by atoms with van der Waals surface area (Å²) in [7, 11) is 1.58. The topological polar surface area (TPSA) is 140 Å². The largest absolute Gasteiger partial charge is 0.383 e. The van der Waals surface area contributed by atoms with Crippen molar-refractivity contribution in [1.82, 2.24) is 24.6 Å². The highest BCUT2D eigenvalue weighted by Crippen LogP contribution is 2.23. The number of nitrogens with zero attached hydrogens (tertiary/aromatic N) is 5. The number of methoxy groups -OCH3 is 1. The maximum absolute atomic E-state index is 11.9. The van der Waals surface area contributed by atoms with E-state index in [9.17, 15) is 9.59 Å². The minimum Gasteiger partial charge on any atom is -0.383 e. The van der Waals surface area contributed by atoms with Crippen LogP contribution in [-0.4, -0.2) is 69.8 Å². The molecule has 3 heterocycles. The van der Waals surface area contributed by atoms with Crippen LogP contribution < -0.4 is 16.4 Å². The van der Waals surface area contributed by atoms with Crippen LogP contribution in [0.5, 0.6) is 0 Å². The smallest absolute Gasteiger partial charge is 0.254 e. The summed E-state index contributed by atoms with van der Waals surface area (Å²) in [6.07, 6.45) is 8.05. The zero-order chi connectivity index (χ0) is 21.5. The van der Waals surface area contributed by atoms with Gasteiger partial charge in [0, 0.05) is 39.1 Å². The van der Waals surface area contributed by atoms with E-state index in [2.05, 4.69) is 32.3 Å². The first-order chi connectivity index (χ1) is 14.5. The Morgan fingerprint density at radius 2 is 2.27 bits per heavy atom. The Labute approximate surface area is 174 Å². The lowest BCUT2D eigenvalue weighted by atomic mass is 10.1. The number of anilines is 3. The highest BCUT2D eigenvalue weighted by Gasteiger charge is 2.24. The van der Waals surface area contributed by atoms with Gasteiger partial charge in [-0.1, -0.05) is 6.58 Å². The van der Waals surface area contributed by atoms with E-state index in [0.717, 1.165) is 19.4 Å². The van der Waals surface area contributed by atoms with Crippen molar-refractivity contribution in [2.75, 3.05) is 44.0 Å². The lowest BCUT2D eigenvalue weighted by Gasteiger charge is -2.32. The van der Waals surface area contributed by atoms with Gasteiger partial charge in [-0.15, -0.1) is 0 Å². The van der Waals surface area contributed by atoms with Gasteiger partial charge in [0.1, 0.15) is 5.82 Å². The minimum atomic E-state index is -0.620. The molecule has 30 heavy (non-hydrogen) atoms. The summed E-state index contributed by atoms with van der Waals surface area (Å²) < 4.78 is 6.83. The molecule has 11 heteroatoms. The molecule has 1 atom stereocenters. The number of rotatable bonds is 9. The summed E-state index contributed by atoms with van der Waals surface area (Å²) in [4.78, 5) is 33.8. The summed E-state index contributed by atoms with van der Waals surface area (Å²) in [5.74, 6) is -0.0614. The number of carbonyl (C=O) groups excluding carboxylic acids is 2. The lowest BCUT2D eigenvalue weighted by molar-refractivity contribution is -0.127. The first kappa shape index (κ1) is 21.2. The van der Waals surface area contributed by atoms with Crippen LogP contribution in [0.1, 0.15) is 29.2 Å². The van der Waals surface area contributed by atoms with E-state index in [1.807, 2.05) is 10.9 Å². The Kier molecular flexibility index (Phi) is 6.96. The van der Waals surface area contributed by atoms with Crippen molar-refractivity contribution in [1.29, 1.82) is 0 Å². The number of carbonyl (C=O) groups is 2. The predicted octanol–water partition coefficient (Wildman–Crippen LogP) is 0.923. The molecule has 2 amide bonds. The fraction of sp³-hybridized carbons (Fsp3) is 0.421. The minimum absolute atomic E-state index is 0.0679. The van der Waals surface area contributed by atoms with Gasteiger partial charge in [-0.25, -0.2) is 4.98 Å². The van der Waals surface area contributed by atoms with Crippen molar-refractivity contribution in [2.24, 2.45) is 5.73 Å². The summed E-state index contributed by atoms with van der Waals surface area (Å²) in [5, 5.41) is 10.5. The van der Waals surface area contributed by atoms with E-state index in [0.29, 0.717) is 37.1 Å². The molecule has 0 bridgehead atoms. The SMILES string of the molecule is C=CC(=O)N1CCC[C@H](n2cc(Nc3ncc(C(N)=O)c(NCCOC)n3)cn2)C1. The van der Waals surface area contributed by atoms with E-state index in [4.69, 9.17) is 10.5 Å². The van der Waals surface area contributed by atoms with E-state index >= 15 is 0 Å². The van der Waals surface area contributed by atoms with Gasteiger partial charge in [0.15, 0.2) is 0 Å². The fourth-order valence-corrected chi connectivity index (χ4v) is 3.26. The molecule has 0 radical (unpaired) electrons. The van der Waals surface area contributed by atoms with Crippen molar-refractivity contribution in [3.8, 4) is 0 Å². The molecule has 1 fully saturated rings. The Bertz CT molecular complexity index is 913. The lowest BCUT2D eigenvalue weighted by Crippen LogP contribution is -2.39. The maximum Gasteiger partial charge on any atom is 0.254 e. The molecular weight excluding hydrogens is 388 g/mol. The maximum atomic E-state index is 11.9. The van der Waals surface area contributed by atoms with Crippen LogP contribution >= 0.6 is 0 Å². The number of piperidine rings is 1. The van der Waals surface area contributed by atoms with Crippen LogP contribution in [0.15, 0.2) is 31.2 Å². The molecule has 4 N–H and O–H groups in total. The molecule has 2 aromatic heterocycles. The highest BCUT2D eigenvalue weighted by atomic mass is 16.5. The average molecular weight is 414 g/mol. The van der Waals surface area contributed by atoms with Gasteiger partial charge < -0.3 is 26.0 Å². The monoisotopic (exact) mass is 414 g/mol. The average Bonchev–Trinajstić information content (AvgIpc) is 3.22. The van der Waals surface area contributed by atoms with E-state index in [1.54, 1.807) is 18.2 Å². The number of aromatic nitrogens is 4. The van der Waals surface area contributed by atoms with Gasteiger partial charge >= 0.3 is 0 Å². The molecule has 0 spiro atoms. The van der Waals surface area contributed by atoms with Crippen LogP contribution in [0.25, 0.3) is 0 Å². The molecule has 0 aliphatic carbocycles. The third-order valence-corrected chi connectivity index (χ3v) is 4.77. The molecule has 3 rings (SSSR count). The Hall–Kier alpha value is -3.47. The van der Waals surface area contributed by atoms with Crippen molar-refractivity contribution >= 4 is 29.3 Å². The Morgan fingerprint density at radius 1 is 1.43 bits per heavy atom. The second-order valence-electron chi connectivity index (χ2n) is 6.86. The number of hydrogen-bond acceptors (Lipinski definition) is 8. The van der Waals surface area contributed by atoms with Crippen molar-refractivity contribution < 1.29 is 14.3 Å². The van der Waals surface area contributed by atoms with Crippen molar-refractivity contribution in [3.63, 3.8) is 0 Å². The molecule has 1 aliphatic rings. The van der Waals surface area contributed by atoms with Gasteiger partial charge in [-0.3, -0.25) is 14.3 Å². The number of nitrogens with two attached hydrogens (primary N) is 1. The Morgan fingerprint density at radius 3 is 3.00 bits per heavy atom. The summed E-state index contributed by atoms with van der Waals surface area (Å²) >= 11 is 0. The quantitative estimate of drug-likeness (QED) is 0.406. The zero-order valence-corrected chi connectivity index (χ0v) is 16.9. The molecule has 11 nitrogen and oxygen atoms in total. The van der Waals surface area contributed by atoms with Crippen LogP contribution in [0, 0.1) is 0 Å². The summed E-state index contributed by atoms with van der Waals surface area (Å²) in [6.45, 7) is 5.78. The summed E-state index contributed by atoms with van der Waals surface area (Å²) in [6, 6.07) is 0.0858. The molecule has 1 saturated heterocycles. The number of ether oxygens (including phenoxy) is 1. The first-order valence-electron chi connectivity index (χ1n) is 9.64. The normalized spacial score (nSPS) is 16.2. The fourth-order valence-electron chi connectivity index (χ4n) is 3.26. The second kappa shape index (κ2) is 9.83. The second-order valence-corrected chi connectivity index (χ2v) is 6.86. The number of hydrogen-bond donors (Lipinski definition) is 3. The predicted molar refractivity (Wildman–Crippen MR) is 111 cm³/mol. The van der Waals surface area contributed by atoms with Gasteiger partial charge in [-0.05, 0) is 18.9 Å². The van der Waals surface area contributed by atoms with Crippen molar-refractivity contribution in [3.05, 3.63) is 36.8 Å². The Balaban J connectivity index is 1.70. The van der Waals surface area contributed by atoms with E-state index in [-0.39, 0.29) is 17.5 Å². The molecule has 0 aromatic carbocycles. The standard InChI is InChI=1S/C19H26N8O3/c1-3-16(28)26-7-4-5-14(12-26)27-11-13(9-23-27)24-19-22-10-15(17(20)29)18(25-19)21-6-8-30-2/h3,9-11,14H,1,4-8,12H2,2H3,(H2,20,29)(H2,21,22,24,25)/t14-/m0/s1. The molecule has 1 aliphatic heterocycles. The zero-order valence-electron chi connectivity index (χ0n) is 16.9.